The largest absolute Gasteiger partial charge is 0.427 e. The van der Waals surface area contributed by atoms with Crippen LogP contribution in [0.1, 0.15) is 25.0 Å². The van der Waals surface area contributed by atoms with E-state index in [1.165, 1.54) is 18.7 Å². The van der Waals surface area contributed by atoms with E-state index in [4.69, 9.17) is 4.74 Å². The van der Waals surface area contributed by atoms with Crippen LogP contribution in [0.25, 0.3) is 6.08 Å². The van der Waals surface area contributed by atoms with Crippen molar-refractivity contribution in [2.24, 2.45) is 11.8 Å². The molecule has 3 aliphatic rings. The molecule has 0 N–H and O–H groups in total. The summed E-state index contributed by atoms with van der Waals surface area (Å²) in [7, 11) is 0. The number of rotatable bonds is 3. The van der Waals surface area contributed by atoms with Gasteiger partial charge in [-0.05, 0) is 55.8 Å². The van der Waals surface area contributed by atoms with Crippen LogP contribution < -0.4 is 14.5 Å². The molecule has 0 saturated carbocycles. The maximum atomic E-state index is 13.5. The number of Topliss-reactive ketones (excluding diaryl/α,β-unsaturated/α-hetero) is 1. The Morgan fingerprint density at radius 2 is 1.62 bits per heavy atom. The molecule has 5 rings (SSSR count). The van der Waals surface area contributed by atoms with Crippen molar-refractivity contribution in [3.8, 4) is 5.75 Å². The molecule has 0 unspecified atom stereocenters. The highest BCUT2D eigenvalue weighted by Gasteiger charge is 2.63. The number of anilines is 2. The number of aryl methyl sites for hydroxylation is 1. The van der Waals surface area contributed by atoms with Gasteiger partial charge in [-0.15, -0.1) is 0 Å². The summed E-state index contributed by atoms with van der Waals surface area (Å²) in [5.74, 6) is -2.36. The van der Waals surface area contributed by atoms with E-state index in [1.807, 2.05) is 42.2 Å². The summed E-state index contributed by atoms with van der Waals surface area (Å²) >= 11 is 0. The number of benzene rings is 2. The highest BCUT2D eigenvalue weighted by atomic mass is 16.5. The third-order valence-corrected chi connectivity index (χ3v) is 6.43. The number of carbonyl (C=O) groups excluding carboxylic acids is 4. The molecular weight excluding hydrogens is 408 g/mol. The minimum Gasteiger partial charge on any atom is -0.427 e. The minimum atomic E-state index is -0.755. The summed E-state index contributed by atoms with van der Waals surface area (Å²) in [4.78, 5) is 54.0. The third-order valence-electron chi connectivity index (χ3n) is 6.43. The molecule has 3 heterocycles. The van der Waals surface area contributed by atoms with Gasteiger partial charge in [-0.2, -0.15) is 0 Å². The number of carbonyl (C=O) groups is 4. The Hall–Kier alpha value is -3.74. The molecule has 32 heavy (non-hydrogen) atoms. The molecule has 4 atom stereocenters. The van der Waals surface area contributed by atoms with Crippen LogP contribution >= 0.6 is 0 Å². The summed E-state index contributed by atoms with van der Waals surface area (Å²) in [5, 5.41) is 0. The number of ketones is 1. The van der Waals surface area contributed by atoms with Crippen LogP contribution in [0, 0.1) is 18.8 Å². The van der Waals surface area contributed by atoms with Gasteiger partial charge in [0.15, 0.2) is 5.78 Å². The van der Waals surface area contributed by atoms with Gasteiger partial charge < -0.3 is 9.64 Å². The van der Waals surface area contributed by atoms with Crippen molar-refractivity contribution in [2.45, 2.75) is 32.9 Å². The lowest BCUT2D eigenvalue weighted by Crippen LogP contribution is -2.48. The summed E-state index contributed by atoms with van der Waals surface area (Å²) in [6.45, 7) is 4.77. The van der Waals surface area contributed by atoms with Gasteiger partial charge in [-0.3, -0.25) is 19.2 Å². The van der Waals surface area contributed by atoms with E-state index in [9.17, 15) is 19.2 Å². The van der Waals surface area contributed by atoms with Crippen LogP contribution in [0.3, 0.4) is 0 Å². The van der Waals surface area contributed by atoms with Crippen molar-refractivity contribution in [3.05, 3.63) is 59.7 Å². The lowest BCUT2D eigenvalue weighted by molar-refractivity contribution is -0.132. The molecular formula is C25H22N2O5. The topological polar surface area (TPSA) is 84.0 Å². The summed E-state index contributed by atoms with van der Waals surface area (Å²) in [6.07, 6.45) is 3.90. The second-order valence-corrected chi connectivity index (χ2v) is 8.53. The second kappa shape index (κ2) is 7.15. The molecule has 7 nitrogen and oxygen atoms in total. The van der Waals surface area contributed by atoms with Crippen molar-refractivity contribution in [1.29, 1.82) is 0 Å². The fourth-order valence-corrected chi connectivity index (χ4v) is 5.24. The van der Waals surface area contributed by atoms with E-state index >= 15 is 0 Å². The first-order chi connectivity index (χ1) is 15.3. The summed E-state index contributed by atoms with van der Waals surface area (Å²) < 4.78 is 5.03. The van der Waals surface area contributed by atoms with Crippen molar-refractivity contribution < 1.29 is 23.9 Å². The first-order valence-electron chi connectivity index (χ1n) is 10.5. The number of ether oxygens (including phenoxy) is 1. The molecule has 3 aliphatic heterocycles. The predicted octanol–water partition coefficient (Wildman–Crippen LogP) is 2.90. The summed E-state index contributed by atoms with van der Waals surface area (Å²) in [6, 6.07) is 11.1. The van der Waals surface area contributed by atoms with Crippen molar-refractivity contribution in [3.63, 3.8) is 0 Å². The second-order valence-electron chi connectivity index (χ2n) is 8.53. The standard InChI is InChI=1S/C25H22N2O5/c1-13-4-10-19-16(12-13)5-11-20-21-22(23(14(2)28)27(19)20)25(31)26(24(21)30)17-6-8-18(9-7-17)32-15(3)29/h4-12,20-23H,1-3H3/t20-,21+,22+,23-/m1/s1. The summed E-state index contributed by atoms with van der Waals surface area (Å²) in [5.41, 5.74) is 3.34. The highest BCUT2D eigenvalue weighted by Crippen LogP contribution is 2.49. The first-order valence-corrected chi connectivity index (χ1v) is 10.5. The maximum Gasteiger partial charge on any atom is 0.308 e. The smallest absolute Gasteiger partial charge is 0.308 e. The van der Waals surface area contributed by atoms with Gasteiger partial charge in [0.25, 0.3) is 0 Å². The van der Waals surface area contributed by atoms with Crippen molar-refractivity contribution in [1.82, 2.24) is 0 Å². The van der Waals surface area contributed by atoms with Gasteiger partial charge in [0.2, 0.25) is 11.8 Å². The maximum absolute atomic E-state index is 13.5. The average molecular weight is 430 g/mol. The molecule has 0 spiro atoms. The van der Waals surface area contributed by atoms with Gasteiger partial charge in [0.05, 0.1) is 23.6 Å². The zero-order valence-electron chi connectivity index (χ0n) is 17.9. The van der Waals surface area contributed by atoms with Crippen LogP contribution in [-0.2, 0) is 19.2 Å². The monoisotopic (exact) mass is 430 g/mol. The van der Waals surface area contributed by atoms with E-state index in [-0.39, 0.29) is 23.6 Å². The third kappa shape index (κ3) is 2.88. The van der Waals surface area contributed by atoms with Crippen LogP contribution in [0.4, 0.5) is 11.4 Å². The molecule has 2 aromatic rings. The normalized spacial score (nSPS) is 25.5. The number of esters is 1. The Labute approximate surface area is 185 Å². The molecule has 7 heteroatoms. The number of fused-ring (bicyclic) bond motifs is 5. The Kier molecular flexibility index (Phi) is 4.51. The molecule has 0 radical (unpaired) electrons. The fourth-order valence-electron chi connectivity index (χ4n) is 5.24. The molecule has 2 amide bonds. The zero-order valence-corrected chi connectivity index (χ0v) is 17.9. The average Bonchev–Trinajstić information content (AvgIpc) is 3.21. The molecule has 0 aliphatic carbocycles. The molecule has 2 aromatic carbocycles. The predicted molar refractivity (Wildman–Crippen MR) is 118 cm³/mol. The Bertz CT molecular complexity index is 1200. The van der Waals surface area contributed by atoms with Crippen LogP contribution in [0.2, 0.25) is 0 Å². The lowest BCUT2D eigenvalue weighted by Gasteiger charge is -2.36. The molecule has 0 aromatic heterocycles. The van der Waals surface area contributed by atoms with Gasteiger partial charge in [0, 0.05) is 12.6 Å². The van der Waals surface area contributed by atoms with Crippen LogP contribution in [0.5, 0.6) is 5.75 Å². The number of nitrogens with zero attached hydrogens (tertiary/aromatic N) is 2. The van der Waals surface area contributed by atoms with Gasteiger partial charge in [-0.25, -0.2) is 4.90 Å². The van der Waals surface area contributed by atoms with Gasteiger partial charge in [-0.1, -0.05) is 23.8 Å². The lowest BCUT2D eigenvalue weighted by atomic mass is 9.88. The van der Waals surface area contributed by atoms with Crippen molar-refractivity contribution >= 4 is 41.0 Å². The number of hydrogen-bond donors (Lipinski definition) is 0. The molecule has 2 saturated heterocycles. The number of hydrogen-bond acceptors (Lipinski definition) is 6. The van der Waals surface area contributed by atoms with Crippen LogP contribution in [0.15, 0.2) is 48.5 Å². The van der Waals surface area contributed by atoms with Crippen molar-refractivity contribution in [2.75, 3.05) is 9.80 Å². The fraction of sp³-hybridized carbons (Fsp3) is 0.280. The number of imide groups is 1. The Balaban J connectivity index is 1.54. The van der Waals surface area contributed by atoms with Crippen LogP contribution in [-0.4, -0.2) is 35.7 Å². The minimum absolute atomic E-state index is 0.141. The molecule has 2 fully saturated rings. The number of amides is 2. The highest BCUT2D eigenvalue weighted by molar-refractivity contribution is 6.24. The van der Waals surface area contributed by atoms with E-state index < -0.39 is 23.8 Å². The van der Waals surface area contributed by atoms with E-state index in [0.29, 0.717) is 11.4 Å². The molecule has 162 valence electrons. The quantitative estimate of drug-likeness (QED) is 0.423. The Morgan fingerprint density at radius 3 is 2.28 bits per heavy atom. The SMILES string of the molecule is CC(=O)Oc1ccc(N2C(=O)[C@@H]3[C@H](C2=O)[C@@H](C(C)=O)N2c4ccc(C)cc4C=C[C@H]32)cc1. The zero-order chi connectivity index (χ0) is 22.7. The first kappa shape index (κ1) is 20.2. The van der Waals surface area contributed by atoms with Gasteiger partial charge in [0.1, 0.15) is 11.8 Å². The van der Waals surface area contributed by atoms with E-state index in [2.05, 4.69) is 0 Å². The Morgan fingerprint density at radius 1 is 0.938 bits per heavy atom. The van der Waals surface area contributed by atoms with E-state index in [1.54, 1.807) is 24.3 Å². The molecule has 0 bridgehead atoms. The van der Waals surface area contributed by atoms with Gasteiger partial charge >= 0.3 is 5.97 Å². The van der Waals surface area contributed by atoms with E-state index in [0.717, 1.165) is 16.8 Å².